The Kier molecular flexibility index (Phi) is 4.81. The lowest BCUT2D eigenvalue weighted by atomic mass is 10.2. The molecular weight excluding hydrogens is 254 g/mol. The number of hydrogen-bond acceptors (Lipinski definition) is 4. The van der Waals surface area contributed by atoms with Gasteiger partial charge < -0.3 is 15.7 Å². The predicted molar refractivity (Wildman–Crippen MR) is 67.0 cm³/mol. The molecule has 0 aliphatic carbocycles. The van der Waals surface area contributed by atoms with Gasteiger partial charge in [0.15, 0.2) is 0 Å². The highest BCUT2D eigenvalue weighted by atomic mass is 16.6. The molecule has 1 aromatic carbocycles. The number of non-ortho nitro benzene ring substituents is 1. The Bertz CT molecular complexity index is 503. The molecule has 1 rings (SSSR count). The van der Waals surface area contributed by atoms with Crippen LogP contribution in [-0.4, -0.2) is 28.1 Å². The summed E-state index contributed by atoms with van der Waals surface area (Å²) in [6.45, 7) is 1.62. The van der Waals surface area contributed by atoms with E-state index in [0.29, 0.717) is 0 Å². The molecule has 0 bridgehead atoms. The molecule has 2 amide bonds. The van der Waals surface area contributed by atoms with Crippen molar-refractivity contribution in [2.75, 3.05) is 5.32 Å². The number of nitro benzene ring substituents is 1. The van der Waals surface area contributed by atoms with Crippen LogP contribution in [0, 0.1) is 10.1 Å². The van der Waals surface area contributed by atoms with E-state index in [1.165, 1.54) is 24.3 Å². The van der Waals surface area contributed by atoms with Gasteiger partial charge in [0.2, 0.25) is 0 Å². The van der Waals surface area contributed by atoms with Crippen molar-refractivity contribution in [3.63, 3.8) is 0 Å². The number of carboxylic acid groups (broad SMARTS) is 1. The van der Waals surface area contributed by atoms with Crippen LogP contribution >= 0.6 is 0 Å². The Balaban J connectivity index is 2.69. The van der Waals surface area contributed by atoms with Gasteiger partial charge in [0, 0.05) is 17.8 Å². The number of rotatable bonds is 5. The highest BCUT2D eigenvalue weighted by Gasteiger charge is 2.17. The minimum absolute atomic E-state index is 0.164. The lowest BCUT2D eigenvalue weighted by Crippen LogP contribution is -2.42. The largest absolute Gasteiger partial charge is 0.480 e. The molecule has 102 valence electrons. The van der Waals surface area contributed by atoms with E-state index in [1.54, 1.807) is 6.92 Å². The van der Waals surface area contributed by atoms with E-state index in [2.05, 4.69) is 10.6 Å². The first-order valence-electron chi connectivity index (χ1n) is 5.48. The molecule has 3 N–H and O–H groups in total. The van der Waals surface area contributed by atoms with Gasteiger partial charge in [-0.25, -0.2) is 9.59 Å². The third-order valence-corrected chi connectivity index (χ3v) is 2.33. The fourth-order valence-corrected chi connectivity index (χ4v) is 1.36. The minimum Gasteiger partial charge on any atom is -0.480 e. The van der Waals surface area contributed by atoms with Crippen molar-refractivity contribution >= 4 is 23.4 Å². The van der Waals surface area contributed by atoms with Crippen molar-refractivity contribution < 1.29 is 19.6 Å². The normalized spacial score (nSPS) is 11.4. The molecule has 0 heterocycles. The first-order valence-corrected chi connectivity index (χ1v) is 5.48. The number of nitrogens with zero attached hydrogens (tertiary/aromatic N) is 1. The van der Waals surface area contributed by atoms with Gasteiger partial charge in [0.05, 0.1) is 4.92 Å². The number of urea groups is 1. The molecule has 19 heavy (non-hydrogen) atoms. The number of nitrogens with one attached hydrogen (secondary N) is 2. The highest BCUT2D eigenvalue weighted by Crippen LogP contribution is 2.16. The first kappa shape index (κ1) is 14.4. The van der Waals surface area contributed by atoms with Gasteiger partial charge >= 0.3 is 12.0 Å². The number of carboxylic acids is 1. The van der Waals surface area contributed by atoms with Crippen molar-refractivity contribution in [1.82, 2.24) is 5.32 Å². The van der Waals surface area contributed by atoms with Crippen LogP contribution in [0.15, 0.2) is 24.3 Å². The molecule has 0 unspecified atom stereocenters. The van der Waals surface area contributed by atoms with Gasteiger partial charge in [-0.05, 0) is 12.5 Å². The second-order valence-corrected chi connectivity index (χ2v) is 3.70. The molecule has 0 saturated carbocycles. The topological polar surface area (TPSA) is 122 Å². The lowest BCUT2D eigenvalue weighted by Gasteiger charge is -2.13. The van der Waals surface area contributed by atoms with Crippen LogP contribution < -0.4 is 10.6 Å². The maximum atomic E-state index is 11.5. The molecule has 1 atom stereocenters. The average molecular weight is 267 g/mol. The number of amides is 2. The van der Waals surface area contributed by atoms with E-state index >= 15 is 0 Å². The van der Waals surface area contributed by atoms with E-state index in [-0.39, 0.29) is 17.8 Å². The van der Waals surface area contributed by atoms with E-state index < -0.39 is 23.0 Å². The van der Waals surface area contributed by atoms with E-state index in [4.69, 9.17) is 5.11 Å². The third-order valence-electron chi connectivity index (χ3n) is 2.33. The predicted octanol–water partition coefficient (Wildman–Crippen LogP) is 1.58. The molecule has 0 fully saturated rings. The number of nitro groups is 1. The van der Waals surface area contributed by atoms with Crippen LogP contribution in [0.1, 0.15) is 13.3 Å². The van der Waals surface area contributed by atoms with Crippen LogP contribution in [0.4, 0.5) is 16.2 Å². The van der Waals surface area contributed by atoms with Crippen molar-refractivity contribution in [3.05, 3.63) is 34.4 Å². The molecule has 0 radical (unpaired) electrons. The Hall–Kier alpha value is -2.64. The standard InChI is InChI=1S/C11H13N3O5/c1-2-9(10(15)16)13-11(17)12-7-4-3-5-8(6-7)14(18)19/h3-6,9H,2H2,1H3,(H,15,16)(H2,12,13,17)/t9-/m1/s1. The molecule has 0 spiro atoms. The monoisotopic (exact) mass is 267 g/mol. The molecule has 1 aromatic rings. The second kappa shape index (κ2) is 6.34. The van der Waals surface area contributed by atoms with Crippen LogP contribution in [0.3, 0.4) is 0 Å². The zero-order chi connectivity index (χ0) is 14.4. The summed E-state index contributed by atoms with van der Waals surface area (Å²) in [6.07, 6.45) is 0.234. The van der Waals surface area contributed by atoms with Crippen LogP contribution in [-0.2, 0) is 4.79 Å². The zero-order valence-corrected chi connectivity index (χ0v) is 10.1. The van der Waals surface area contributed by atoms with Crippen molar-refractivity contribution in [3.8, 4) is 0 Å². The number of aliphatic carboxylic acids is 1. The molecule has 8 nitrogen and oxygen atoms in total. The van der Waals surface area contributed by atoms with Gasteiger partial charge in [-0.1, -0.05) is 13.0 Å². The minimum atomic E-state index is -1.14. The fourth-order valence-electron chi connectivity index (χ4n) is 1.36. The summed E-state index contributed by atoms with van der Waals surface area (Å²) in [5.74, 6) is -1.14. The van der Waals surface area contributed by atoms with Crippen LogP contribution in [0.5, 0.6) is 0 Å². The number of carbonyl (C=O) groups excluding carboxylic acids is 1. The molecular formula is C11H13N3O5. The number of benzene rings is 1. The van der Waals surface area contributed by atoms with Crippen molar-refractivity contribution in [1.29, 1.82) is 0 Å². The summed E-state index contributed by atoms with van der Waals surface area (Å²) in [5, 5.41) is 23.9. The Morgan fingerprint density at radius 1 is 1.47 bits per heavy atom. The lowest BCUT2D eigenvalue weighted by molar-refractivity contribution is -0.384. The molecule has 0 aliphatic heterocycles. The van der Waals surface area contributed by atoms with Gasteiger partial charge in [-0.3, -0.25) is 10.1 Å². The third kappa shape index (κ3) is 4.26. The van der Waals surface area contributed by atoms with Crippen LogP contribution in [0.2, 0.25) is 0 Å². The van der Waals surface area contributed by atoms with E-state index in [1.807, 2.05) is 0 Å². The number of carbonyl (C=O) groups is 2. The molecule has 8 heteroatoms. The zero-order valence-electron chi connectivity index (χ0n) is 10.1. The highest BCUT2D eigenvalue weighted by molar-refractivity contribution is 5.92. The first-order chi connectivity index (χ1) is 8.93. The smallest absolute Gasteiger partial charge is 0.326 e. The molecule has 0 aliphatic rings. The SMILES string of the molecule is CC[C@@H](NC(=O)Nc1cccc([N+](=O)[O-])c1)C(=O)O. The number of hydrogen-bond donors (Lipinski definition) is 3. The van der Waals surface area contributed by atoms with Crippen LogP contribution in [0.25, 0.3) is 0 Å². The molecule has 0 aromatic heterocycles. The van der Waals surface area contributed by atoms with Gasteiger partial charge in [0.1, 0.15) is 6.04 Å². The summed E-state index contributed by atoms with van der Waals surface area (Å²) in [5.41, 5.74) is 0.0509. The van der Waals surface area contributed by atoms with Gasteiger partial charge in [-0.2, -0.15) is 0 Å². The quantitative estimate of drug-likeness (QED) is 0.552. The van der Waals surface area contributed by atoms with E-state index in [0.717, 1.165) is 0 Å². The summed E-state index contributed by atoms with van der Waals surface area (Å²) in [7, 11) is 0. The number of anilines is 1. The van der Waals surface area contributed by atoms with Crippen molar-refractivity contribution in [2.24, 2.45) is 0 Å². The summed E-state index contributed by atoms with van der Waals surface area (Å²) >= 11 is 0. The Labute approximate surface area is 108 Å². The van der Waals surface area contributed by atoms with Gasteiger partial charge in [-0.15, -0.1) is 0 Å². The Morgan fingerprint density at radius 3 is 2.68 bits per heavy atom. The summed E-state index contributed by atoms with van der Waals surface area (Å²) in [6, 6.07) is 3.63. The van der Waals surface area contributed by atoms with E-state index in [9.17, 15) is 19.7 Å². The maximum absolute atomic E-state index is 11.5. The Morgan fingerprint density at radius 2 is 2.16 bits per heavy atom. The van der Waals surface area contributed by atoms with Crippen molar-refractivity contribution in [2.45, 2.75) is 19.4 Å². The van der Waals surface area contributed by atoms with Gasteiger partial charge in [0.25, 0.3) is 5.69 Å². The average Bonchev–Trinajstić information content (AvgIpc) is 2.35. The summed E-state index contributed by atoms with van der Waals surface area (Å²) < 4.78 is 0. The second-order valence-electron chi connectivity index (χ2n) is 3.70. The molecule has 0 saturated heterocycles. The fraction of sp³-hybridized carbons (Fsp3) is 0.273. The summed E-state index contributed by atoms with van der Waals surface area (Å²) in [4.78, 5) is 32.2. The maximum Gasteiger partial charge on any atom is 0.326 e.